The Labute approximate surface area is 122 Å². The van der Waals surface area contributed by atoms with Gasteiger partial charge in [0.05, 0.1) is 5.69 Å². The molecule has 1 aromatic carbocycles. The molecule has 0 aliphatic carbocycles. The maximum Gasteiger partial charge on any atom is 0.356 e. The minimum Gasteiger partial charge on any atom is -0.476 e. The standard InChI is InChI=1S/C15H15ClN2O2/c1-9-4-2-7-12-13(15(19)20)17-14(18(9)12)10-5-3-6-11(16)8-10/h3,5-6,8-9H,2,4,7H2,1H3,(H,19,20). The van der Waals surface area contributed by atoms with Gasteiger partial charge in [-0.3, -0.25) is 0 Å². The van der Waals surface area contributed by atoms with Gasteiger partial charge in [0.15, 0.2) is 5.69 Å². The monoisotopic (exact) mass is 290 g/mol. The van der Waals surface area contributed by atoms with Gasteiger partial charge in [-0.05, 0) is 38.3 Å². The highest BCUT2D eigenvalue weighted by atomic mass is 35.5. The lowest BCUT2D eigenvalue weighted by Crippen LogP contribution is -2.17. The summed E-state index contributed by atoms with van der Waals surface area (Å²) in [5.41, 5.74) is 1.86. The summed E-state index contributed by atoms with van der Waals surface area (Å²) < 4.78 is 2.05. The average molecular weight is 291 g/mol. The zero-order chi connectivity index (χ0) is 14.3. The number of benzene rings is 1. The van der Waals surface area contributed by atoms with Crippen LogP contribution in [0.15, 0.2) is 24.3 Å². The minimum absolute atomic E-state index is 0.173. The average Bonchev–Trinajstić information content (AvgIpc) is 2.80. The molecular weight excluding hydrogens is 276 g/mol. The zero-order valence-corrected chi connectivity index (χ0v) is 11.9. The number of rotatable bonds is 2. The third kappa shape index (κ3) is 2.10. The van der Waals surface area contributed by atoms with Crippen molar-refractivity contribution in [2.45, 2.75) is 32.2 Å². The van der Waals surface area contributed by atoms with Crippen LogP contribution in [0, 0.1) is 0 Å². The molecule has 0 amide bonds. The Hall–Kier alpha value is -1.81. The number of halogens is 1. The van der Waals surface area contributed by atoms with Gasteiger partial charge < -0.3 is 9.67 Å². The van der Waals surface area contributed by atoms with E-state index in [1.54, 1.807) is 6.07 Å². The van der Waals surface area contributed by atoms with Gasteiger partial charge in [-0.2, -0.15) is 0 Å². The van der Waals surface area contributed by atoms with E-state index in [-0.39, 0.29) is 11.7 Å². The molecule has 3 rings (SSSR count). The number of hydrogen-bond acceptors (Lipinski definition) is 2. The molecule has 1 unspecified atom stereocenters. The summed E-state index contributed by atoms with van der Waals surface area (Å²) >= 11 is 6.03. The summed E-state index contributed by atoms with van der Waals surface area (Å²) in [5.74, 6) is -0.261. The Morgan fingerprint density at radius 2 is 2.30 bits per heavy atom. The van der Waals surface area contributed by atoms with Gasteiger partial charge in [-0.25, -0.2) is 9.78 Å². The van der Waals surface area contributed by atoms with Crippen molar-refractivity contribution < 1.29 is 9.90 Å². The maximum absolute atomic E-state index is 11.4. The van der Waals surface area contributed by atoms with Crippen molar-refractivity contribution in [3.8, 4) is 11.4 Å². The second kappa shape index (κ2) is 4.94. The maximum atomic E-state index is 11.4. The van der Waals surface area contributed by atoms with Gasteiger partial charge >= 0.3 is 5.97 Å². The molecule has 2 aromatic rings. The molecule has 0 radical (unpaired) electrons. The van der Waals surface area contributed by atoms with Crippen LogP contribution >= 0.6 is 11.6 Å². The topological polar surface area (TPSA) is 55.1 Å². The highest BCUT2D eigenvalue weighted by Gasteiger charge is 2.27. The molecule has 0 bridgehead atoms. The molecule has 2 heterocycles. The quantitative estimate of drug-likeness (QED) is 0.915. The number of carboxylic acids is 1. The third-order valence-electron chi connectivity index (χ3n) is 3.77. The number of carboxylic acid groups (broad SMARTS) is 1. The van der Waals surface area contributed by atoms with Crippen LogP contribution < -0.4 is 0 Å². The summed E-state index contributed by atoms with van der Waals surface area (Å²) in [5, 5.41) is 9.97. The van der Waals surface area contributed by atoms with E-state index < -0.39 is 5.97 Å². The first-order valence-electron chi connectivity index (χ1n) is 6.68. The largest absolute Gasteiger partial charge is 0.476 e. The molecule has 1 atom stereocenters. The number of fused-ring (bicyclic) bond motifs is 1. The Bertz CT molecular complexity index is 679. The molecule has 1 aromatic heterocycles. The summed E-state index contributed by atoms with van der Waals surface area (Å²) in [6.07, 6.45) is 2.80. The van der Waals surface area contributed by atoms with Crippen LogP contribution in [0.1, 0.15) is 42.0 Å². The minimum atomic E-state index is -0.962. The summed E-state index contributed by atoms with van der Waals surface area (Å²) in [6.45, 7) is 2.10. The van der Waals surface area contributed by atoms with Crippen molar-refractivity contribution in [1.29, 1.82) is 0 Å². The number of nitrogens with zero attached hydrogens (tertiary/aromatic N) is 2. The van der Waals surface area contributed by atoms with E-state index in [0.29, 0.717) is 10.8 Å². The molecule has 4 nitrogen and oxygen atoms in total. The van der Waals surface area contributed by atoms with Crippen molar-refractivity contribution in [2.24, 2.45) is 0 Å². The molecule has 1 aliphatic heterocycles. The van der Waals surface area contributed by atoms with Crippen LogP contribution in [0.5, 0.6) is 0 Å². The fourth-order valence-corrected chi connectivity index (χ4v) is 3.07. The summed E-state index contributed by atoms with van der Waals surface area (Å²) in [6, 6.07) is 7.65. The molecule has 5 heteroatoms. The Balaban J connectivity index is 2.23. The molecule has 1 N–H and O–H groups in total. The van der Waals surface area contributed by atoms with Crippen LogP contribution in [-0.2, 0) is 6.42 Å². The van der Waals surface area contributed by atoms with Crippen molar-refractivity contribution in [3.05, 3.63) is 40.7 Å². The Morgan fingerprint density at radius 1 is 1.50 bits per heavy atom. The number of hydrogen-bond donors (Lipinski definition) is 1. The number of aromatic nitrogens is 2. The van der Waals surface area contributed by atoms with Crippen LogP contribution in [-0.4, -0.2) is 20.6 Å². The zero-order valence-electron chi connectivity index (χ0n) is 11.1. The number of carbonyl (C=O) groups is 1. The van der Waals surface area contributed by atoms with Gasteiger partial charge in [0, 0.05) is 16.6 Å². The van der Waals surface area contributed by atoms with Gasteiger partial charge in [-0.1, -0.05) is 23.7 Å². The van der Waals surface area contributed by atoms with Gasteiger partial charge in [-0.15, -0.1) is 0 Å². The van der Waals surface area contributed by atoms with Crippen LogP contribution in [0.2, 0.25) is 5.02 Å². The molecule has 0 saturated carbocycles. The summed E-state index contributed by atoms with van der Waals surface area (Å²) in [4.78, 5) is 15.7. The van der Waals surface area contributed by atoms with E-state index in [1.165, 1.54) is 0 Å². The van der Waals surface area contributed by atoms with Crippen molar-refractivity contribution in [1.82, 2.24) is 9.55 Å². The molecule has 1 aliphatic rings. The lowest BCUT2D eigenvalue weighted by atomic mass is 10.0. The highest BCUT2D eigenvalue weighted by molar-refractivity contribution is 6.30. The number of imidazole rings is 1. The molecule has 0 saturated heterocycles. The van der Waals surface area contributed by atoms with Gasteiger partial charge in [0.25, 0.3) is 0 Å². The van der Waals surface area contributed by atoms with Crippen LogP contribution in [0.25, 0.3) is 11.4 Å². The molecule has 20 heavy (non-hydrogen) atoms. The molecule has 0 spiro atoms. The van der Waals surface area contributed by atoms with E-state index in [1.807, 2.05) is 18.2 Å². The highest BCUT2D eigenvalue weighted by Crippen LogP contribution is 2.33. The lowest BCUT2D eigenvalue weighted by Gasteiger charge is -2.24. The van der Waals surface area contributed by atoms with E-state index >= 15 is 0 Å². The number of aromatic carboxylic acids is 1. The first kappa shape index (κ1) is 13.2. The Kier molecular flexibility index (Phi) is 3.26. The van der Waals surface area contributed by atoms with Crippen LogP contribution in [0.3, 0.4) is 0 Å². The second-order valence-electron chi connectivity index (χ2n) is 5.16. The van der Waals surface area contributed by atoms with Crippen molar-refractivity contribution in [3.63, 3.8) is 0 Å². The summed E-state index contributed by atoms with van der Waals surface area (Å²) in [7, 11) is 0. The predicted octanol–water partition coefficient (Wildman–Crippen LogP) is 3.80. The van der Waals surface area contributed by atoms with E-state index in [9.17, 15) is 9.90 Å². The predicted molar refractivity (Wildman–Crippen MR) is 77.3 cm³/mol. The molecular formula is C15H15ClN2O2. The third-order valence-corrected chi connectivity index (χ3v) is 4.01. The van der Waals surface area contributed by atoms with E-state index in [2.05, 4.69) is 16.5 Å². The van der Waals surface area contributed by atoms with Crippen LogP contribution in [0.4, 0.5) is 0 Å². The fourth-order valence-electron chi connectivity index (χ4n) is 2.88. The van der Waals surface area contributed by atoms with E-state index in [4.69, 9.17) is 11.6 Å². The molecule has 0 fully saturated rings. The van der Waals surface area contributed by atoms with Gasteiger partial charge in [0.1, 0.15) is 5.82 Å². The van der Waals surface area contributed by atoms with Gasteiger partial charge in [0.2, 0.25) is 0 Å². The lowest BCUT2D eigenvalue weighted by molar-refractivity contribution is 0.0689. The van der Waals surface area contributed by atoms with Crippen molar-refractivity contribution >= 4 is 17.6 Å². The van der Waals surface area contributed by atoms with Crippen molar-refractivity contribution in [2.75, 3.05) is 0 Å². The normalized spacial score (nSPS) is 17.8. The first-order valence-corrected chi connectivity index (χ1v) is 7.06. The molecule has 104 valence electrons. The Morgan fingerprint density at radius 3 is 3.00 bits per heavy atom. The smallest absolute Gasteiger partial charge is 0.356 e. The van der Waals surface area contributed by atoms with E-state index in [0.717, 1.165) is 30.5 Å². The second-order valence-corrected chi connectivity index (χ2v) is 5.59. The first-order chi connectivity index (χ1) is 9.58. The fraction of sp³-hybridized carbons (Fsp3) is 0.333. The SMILES string of the molecule is CC1CCCc2c(C(=O)O)nc(-c3cccc(Cl)c3)n21.